The van der Waals surface area contributed by atoms with Crippen LogP contribution in [0.3, 0.4) is 0 Å². The van der Waals surface area contributed by atoms with Gasteiger partial charge in [-0.15, -0.1) is 0 Å². The molecule has 0 aliphatic rings. The smallest absolute Gasteiger partial charge is 0.276 e. The lowest BCUT2D eigenvalue weighted by Crippen LogP contribution is -2.28. The Balaban J connectivity index is 2.19. The van der Waals surface area contributed by atoms with Crippen LogP contribution in [0.5, 0.6) is 0 Å². The van der Waals surface area contributed by atoms with Crippen molar-refractivity contribution >= 4 is 23.4 Å². The van der Waals surface area contributed by atoms with Gasteiger partial charge in [0.25, 0.3) is 5.91 Å². The van der Waals surface area contributed by atoms with E-state index >= 15 is 0 Å². The van der Waals surface area contributed by atoms with E-state index in [0.29, 0.717) is 5.69 Å². The van der Waals surface area contributed by atoms with E-state index in [1.807, 2.05) is 23.7 Å². The van der Waals surface area contributed by atoms with Crippen LogP contribution in [0.15, 0.2) is 30.7 Å². The van der Waals surface area contributed by atoms with E-state index in [4.69, 9.17) is 0 Å². The van der Waals surface area contributed by atoms with Gasteiger partial charge in [0.2, 0.25) is 0 Å². The largest absolute Gasteiger partial charge is 0.326 e. The molecule has 0 N–H and O–H groups in total. The van der Waals surface area contributed by atoms with Crippen LogP contribution in [0.25, 0.3) is 0 Å². The van der Waals surface area contributed by atoms with Gasteiger partial charge in [0.05, 0.1) is 23.8 Å². The number of nitrogens with zero attached hydrogens (tertiary/aromatic N) is 4. The van der Waals surface area contributed by atoms with Gasteiger partial charge in [-0.2, -0.15) is 11.8 Å². The van der Waals surface area contributed by atoms with E-state index in [9.17, 15) is 4.79 Å². The second kappa shape index (κ2) is 6.56. The van der Waals surface area contributed by atoms with Gasteiger partial charge < -0.3 is 9.47 Å². The van der Waals surface area contributed by atoms with Crippen LogP contribution in [0.4, 0.5) is 5.69 Å². The molecule has 0 unspecified atom stereocenters. The number of carbonyl (C=O) groups excluding carboxylic acids is 1. The van der Waals surface area contributed by atoms with Gasteiger partial charge >= 0.3 is 0 Å². The van der Waals surface area contributed by atoms with Crippen molar-refractivity contribution < 1.29 is 4.79 Å². The van der Waals surface area contributed by atoms with Gasteiger partial charge in [-0.25, -0.2) is 4.98 Å². The van der Waals surface area contributed by atoms with E-state index in [2.05, 4.69) is 16.9 Å². The van der Waals surface area contributed by atoms with E-state index in [1.165, 1.54) is 0 Å². The van der Waals surface area contributed by atoms with E-state index in [0.717, 1.165) is 23.0 Å². The normalized spacial score (nSPS) is 10.6. The molecule has 0 aliphatic heterocycles. The Morgan fingerprint density at radius 1 is 1.45 bits per heavy atom. The van der Waals surface area contributed by atoms with Gasteiger partial charge in [0.15, 0.2) is 0 Å². The average molecular weight is 290 g/mol. The lowest BCUT2D eigenvalue weighted by Gasteiger charge is -2.17. The summed E-state index contributed by atoms with van der Waals surface area (Å²) in [6.45, 7) is 2.11. The quantitative estimate of drug-likeness (QED) is 0.848. The molecule has 0 saturated carbocycles. The van der Waals surface area contributed by atoms with E-state index in [1.54, 1.807) is 42.3 Å². The predicted octanol–water partition coefficient (Wildman–Crippen LogP) is 2.34. The Labute approximate surface area is 123 Å². The summed E-state index contributed by atoms with van der Waals surface area (Å²) in [5.41, 5.74) is 1.35. The first-order valence-electron chi connectivity index (χ1n) is 6.41. The number of aromatic nitrogens is 3. The topological polar surface area (TPSA) is 51.0 Å². The number of thioether (sulfide) groups is 1. The van der Waals surface area contributed by atoms with Gasteiger partial charge in [-0.3, -0.25) is 9.78 Å². The van der Waals surface area contributed by atoms with E-state index in [-0.39, 0.29) is 5.91 Å². The maximum atomic E-state index is 12.5. The van der Waals surface area contributed by atoms with Crippen LogP contribution in [-0.4, -0.2) is 33.2 Å². The average Bonchev–Trinajstić information content (AvgIpc) is 2.85. The third kappa shape index (κ3) is 3.01. The highest BCUT2D eigenvalue weighted by atomic mass is 32.2. The maximum absolute atomic E-state index is 12.5. The highest BCUT2D eigenvalue weighted by Crippen LogP contribution is 2.16. The Morgan fingerprint density at radius 2 is 2.25 bits per heavy atom. The fourth-order valence-electron chi connectivity index (χ4n) is 1.82. The van der Waals surface area contributed by atoms with Gasteiger partial charge in [0.1, 0.15) is 11.5 Å². The van der Waals surface area contributed by atoms with Gasteiger partial charge in [0, 0.05) is 20.3 Å². The second-order valence-electron chi connectivity index (χ2n) is 4.33. The standard InChI is InChI=1S/C14H18N4OS/c1-4-20-10-13-16-9-12(18(13)3)14(19)17(2)11-6-5-7-15-8-11/h5-9H,4,10H2,1-3H3. The number of pyridine rings is 1. The summed E-state index contributed by atoms with van der Waals surface area (Å²) in [7, 11) is 3.62. The number of imidazole rings is 1. The zero-order valence-electron chi connectivity index (χ0n) is 11.9. The fraction of sp³-hybridized carbons (Fsp3) is 0.357. The van der Waals surface area contributed by atoms with Crippen molar-refractivity contribution in [1.29, 1.82) is 0 Å². The Kier molecular flexibility index (Phi) is 4.79. The molecule has 0 fully saturated rings. The number of amides is 1. The summed E-state index contributed by atoms with van der Waals surface area (Å²) >= 11 is 1.79. The summed E-state index contributed by atoms with van der Waals surface area (Å²) in [5, 5.41) is 0. The molecular formula is C14H18N4OS. The minimum absolute atomic E-state index is 0.0826. The SMILES string of the molecule is CCSCc1ncc(C(=O)N(C)c2cccnc2)n1C. The lowest BCUT2D eigenvalue weighted by molar-refractivity contribution is 0.0985. The van der Waals surface area contributed by atoms with Crippen molar-refractivity contribution in [1.82, 2.24) is 14.5 Å². The summed E-state index contributed by atoms with van der Waals surface area (Å²) < 4.78 is 1.86. The molecule has 6 heteroatoms. The maximum Gasteiger partial charge on any atom is 0.276 e. The fourth-order valence-corrected chi connectivity index (χ4v) is 2.47. The van der Waals surface area contributed by atoms with Crippen LogP contribution in [0, 0.1) is 0 Å². The number of hydrogen-bond donors (Lipinski definition) is 0. The van der Waals surface area contributed by atoms with Gasteiger partial charge in [-0.05, 0) is 17.9 Å². The lowest BCUT2D eigenvalue weighted by atomic mass is 10.3. The minimum atomic E-state index is -0.0826. The van der Waals surface area contributed by atoms with Crippen LogP contribution < -0.4 is 4.90 Å². The van der Waals surface area contributed by atoms with Crippen molar-refractivity contribution in [3.8, 4) is 0 Å². The molecule has 0 aliphatic carbocycles. The number of rotatable bonds is 5. The van der Waals surface area contributed by atoms with Crippen molar-refractivity contribution in [3.05, 3.63) is 42.2 Å². The number of anilines is 1. The first kappa shape index (κ1) is 14.6. The minimum Gasteiger partial charge on any atom is -0.326 e. The highest BCUT2D eigenvalue weighted by Gasteiger charge is 2.18. The van der Waals surface area contributed by atoms with Crippen LogP contribution in [-0.2, 0) is 12.8 Å². The molecule has 0 radical (unpaired) electrons. The first-order chi connectivity index (χ1) is 9.65. The molecule has 0 spiro atoms. The van der Waals surface area contributed by atoms with Crippen molar-refractivity contribution in [2.24, 2.45) is 7.05 Å². The van der Waals surface area contributed by atoms with Crippen LogP contribution in [0.2, 0.25) is 0 Å². The molecule has 2 heterocycles. The monoisotopic (exact) mass is 290 g/mol. The molecule has 2 aromatic heterocycles. The van der Waals surface area contributed by atoms with Crippen LogP contribution >= 0.6 is 11.8 Å². The van der Waals surface area contributed by atoms with Crippen molar-refractivity contribution in [2.75, 3.05) is 17.7 Å². The zero-order valence-corrected chi connectivity index (χ0v) is 12.7. The Hall–Kier alpha value is -1.82. The molecule has 0 atom stereocenters. The summed E-state index contributed by atoms with van der Waals surface area (Å²) in [4.78, 5) is 22.4. The summed E-state index contributed by atoms with van der Waals surface area (Å²) in [6.07, 6.45) is 4.99. The molecule has 2 aromatic rings. The number of carbonyl (C=O) groups is 1. The zero-order chi connectivity index (χ0) is 14.5. The third-order valence-electron chi connectivity index (χ3n) is 3.08. The molecule has 0 bridgehead atoms. The molecule has 2 rings (SSSR count). The van der Waals surface area contributed by atoms with Crippen molar-refractivity contribution in [2.45, 2.75) is 12.7 Å². The van der Waals surface area contributed by atoms with E-state index < -0.39 is 0 Å². The predicted molar refractivity (Wildman–Crippen MR) is 82.0 cm³/mol. The molecule has 20 heavy (non-hydrogen) atoms. The second-order valence-corrected chi connectivity index (χ2v) is 5.61. The Morgan fingerprint density at radius 3 is 2.90 bits per heavy atom. The molecule has 0 saturated heterocycles. The third-order valence-corrected chi connectivity index (χ3v) is 3.95. The molecule has 106 valence electrons. The summed E-state index contributed by atoms with van der Waals surface area (Å²) in [5.74, 6) is 2.68. The molecule has 1 amide bonds. The van der Waals surface area contributed by atoms with Crippen LogP contribution in [0.1, 0.15) is 23.2 Å². The Bertz CT molecular complexity index is 582. The first-order valence-corrected chi connectivity index (χ1v) is 7.57. The van der Waals surface area contributed by atoms with Crippen molar-refractivity contribution in [3.63, 3.8) is 0 Å². The highest BCUT2D eigenvalue weighted by molar-refractivity contribution is 7.98. The molecule has 0 aromatic carbocycles. The number of hydrogen-bond acceptors (Lipinski definition) is 4. The van der Waals surface area contributed by atoms with Gasteiger partial charge in [-0.1, -0.05) is 6.92 Å². The summed E-state index contributed by atoms with van der Waals surface area (Å²) in [6, 6.07) is 3.67. The molecular weight excluding hydrogens is 272 g/mol. The molecule has 5 nitrogen and oxygen atoms in total.